The number of rotatable bonds is 1. The van der Waals surface area contributed by atoms with Gasteiger partial charge in [-0.3, -0.25) is 19.4 Å². The van der Waals surface area contributed by atoms with Crippen LogP contribution in [0.25, 0.3) is 0 Å². The molecule has 4 nitrogen and oxygen atoms in total. The van der Waals surface area contributed by atoms with Gasteiger partial charge >= 0.3 is 0 Å². The fraction of sp³-hybridized carbons (Fsp3) is 0.250. The third-order valence-corrected chi connectivity index (χ3v) is 3.10. The Morgan fingerprint density at radius 1 is 1.29 bits per heavy atom. The van der Waals surface area contributed by atoms with Gasteiger partial charge in [-0.2, -0.15) is 0 Å². The summed E-state index contributed by atoms with van der Waals surface area (Å²) in [6, 6.07) is 8.57. The zero-order valence-electron chi connectivity index (χ0n) is 9.58. The summed E-state index contributed by atoms with van der Waals surface area (Å²) in [6.07, 6.45) is 0. The van der Waals surface area contributed by atoms with Crippen molar-refractivity contribution < 1.29 is 9.59 Å². The molecule has 1 aliphatic rings. The Kier molecular flexibility index (Phi) is 2.93. The first kappa shape index (κ1) is 11.7. The summed E-state index contributed by atoms with van der Waals surface area (Å²) in [6.45, 7) is 3.09. The molecule has 88 valence electrons. The van der Waals surface area contributed by atoms with Gasteiger partial charge in [-0.15, -0.1) is 0 Å². The monoisotopic (exact) mass is 248 g/mol. The summed E-state index contributed by atoms with van der Waals surface area (Å²) in [4.78, 5) is 26.3. The standard InChI is InChI=1S/C12H12N2O2S/c1-8-11(16)14(10-6-4-3-5-7-10)12(17)13(8)9(2)15/h3-8H,1-2H3/t8-/m1/s1. The SMILES string of the molecule is CC(=O)N1C(=S)N(c2ccccc2)C(=O)[C@H]1C. The maximum Gasteiger partial charge on any atom is 0.256 e. The van der Waals surface area contributed by atoms with Gasteiger partial charge in [0.05, 0.1) is 5.69 Å². The Labute approximate surface area is 105 Å². The van der Waals surface area contributed by atoms with E-state index in [1.807, 2.05) is 18.2 Å². The van der Waals surface area contributed by atoms with E-state index in [0.29, 0.717) is 5.69 Å². The normalized spacial score (nSPS) is 20.0. The van der Waals surface area contributed by atoms with E-state index in [2.05, 4.69) is 0 Å². The highest BCUT2D eigenvalue weighted by Crippen LogP contribution is 2.24. The zero-order valence-corrected chi connectivity index (χ0v) is 10.4. The number of para-hydroxylation sites is 1. The number of nitrogens with zero attached hydrogens (tertiary/aromatic N) is 2. The molecule has 1 aromatic rings. The van der Waals surface area contributed by atoms with Crippen LogP contribution in [0.15, 0.2) is 30.3 Å². The van der Waals surface area contributed by atoms with E-state index in [-0.39, 0.29) is 16.9 Å². The first-order valence-corrected chi connectivity index (χ1v) is 5.67. The molecule has 0 aliphatic carbocycles. The van der Waals surface area contributed by atoms with Gasteiger partial charge in [-0.05, 0) is 31.3 Å². The van der Waals surface area contributed by atoms with Gasteiger partial charge in [0, 0.05) is 6.92 Å². The van der Waals surface area contributed by atoms with Gasteiger partial charge in [-0.1, -0.05) is 18.2 Å². The van der Waals surface area contributed by atoms with Crippen LogP contribution in [0.4, 0.5) is 5.69 Å². The maximum atomic E-state index is 12.1. The van der Waals surface area contributed by atoms with E-state index in [1.165, 1.54) is 16.7 Å². The molecule has 1 atom stereocenters. The first-order chi connectivity index (χ1) is 8.04. The first-order valence-electron chi connectivity index (χ1n) is 5.27. The molecule has 0 N–H and O–H groups in total. The number of anilines is 1. The lowest BCUT2D eigenvalue weighted by molar-refractivity contribution is -0.130. The predicted molar refractivity (Wildman–Crippen MR) is 68.5 cm³/mol. The lowest BCUT2D eigenvalue weighted by Crippen LogP contribution is -2.37. The van der Waals surface area contributed by atoms with Crippen LogP contribution in [0.5, 0.6) is 0 Å². The third kappa shape index (κ3) is 1.82. The van der Waals surface area contributed by atoms with Crippen molar-refractivity contribution in [3.63, 3.8) is 0 Å². The van der Waals surface area contributed by atoms with Crippen molar-refractivity contribution in [3.8, 4) is 0 Å². The zero-order chi connectivity index (χ0) is 12.6. The van der Waals surface area contributed by atoms with Gasteiger partial charge in [0.15, 0.2) is 5.11 Å². The molecule has 1 saturated heterocycles. The minimum Gasteiger partial charge on any atom is -0.276 e. The lowest BCUT2D eigenvalue weighted by atomic mass is 10.2. The minimum absolute atomic E-state index is 0.170. The van der Waals surface area contributed by atoms with Crippen molar-refractivity contribution in [3.05, 3.63) is 30.3 Å². The van der Waals surface area contributed by atoms with Crippen molar-refractivity contribution in [2.24, 2.45) is 0 Å². The molecule has 5 heteroatoms. The number of amides is 2. The van der Waals surface area contributed by atoms with Gasteiger partial charge < -0.3 is 0 Å². The molecule has 1 heterocycles. The van der Waals surface area contributed by atoms with Crippen LogP contribution in [-0.2, 0) is 9.59 Å². The predicted octanol–water partition coefficient (Wildman–Crippen LogP) is 1.56. The smallest absolute Gasteiger partial charge is 0.256 e. The molecular weight excluding hydrogens is 236 g/mol. The molecule has 0 bridgehead atoms. The number of carbonyl (C=O) groups excluding carboxylic acids is 2. The van der Waals surface area contributed by atoms with Crippen molar-refractivity contribution in [2.45, 2.75) is 19.9 Å². The summed E-state index contributed by atoms with van der Waals surface area (Å²) in [5.41, 5.74) is 0.693. The van der Waals surface area contributed by atoms with Gasteiger partial charge in [-0.25, -0.2) is 0 Å². The van der Waals surface area contributed by atoms with E-state index < -0.39 is 6.04 Å². The van der Waals surface area contributed by atoms with E-state index in [1.54, 1.807) is 19.1 Å². The molecule has 0 aromatic heterocycles. The Balaban J connectivity index is 2.41. The third-order valence-electron chi connectivity index (χ3n) is 2.72. The van der Waals surface area contributed by atoms with Crippen molar-refractivity contribution in [1.82, 2.24) is 4.90 Å². The van der Waals surface area contributed by atoms with E-state index in [0.717, 1.165) is 0 Å². The van der Waals surface area contributed by atoms with Crippen LogP contribution in [0.3, 0.4) is 0 Å². The molecule has 17 heavy (non-hydrogen) atoms. The molecule has 0 spiro atoms. The molecule has 1 fully saturated rings. The van der Waals surface area contributed by atoms with E-state index in [4.69, 9.17) is 12.2 Å². The Morgan fingerprint density at radius 3 is 2.35 bits per heavy atom. The Hall–Kier alpha value is -1.75. The molecular formula is C12H12N2O2S. The number of hydrogen-bond acceptors (Lipinski definition) is 3. The van der Waals surface area contributed by atoms with E-state index in [9.17, 15) is 9.59 Å². The summed E-state index contributed by atoms with van der Waals surface area (Å²) in [5.74, 6) is -0.384. The largest absolute Gasteiger partial charge is 0.276 e. The minimum atomic E-state index is -0.528. The maximum absolute atomic E-state index is 12.1. The van der Waals surface area contributed by atoms with Crippen molar-refractivity contribution in [1.29, 1.82) is 0 Å². The van der Waals surface area contributed by atoms with Crippen LogP contribution in [0, 0.1) is 0 Å². The second-order valence-corrected chi connectivity index (χ2v) is 4.22. The van der Waals surface area contributed by atoms with Crippen LogP contribution in [-0.4, -0.2) is 27.9 Å². The van der Waals surface area contributed by atoms with Gasteiger partial charge in [0.2, 0.25) is 5.91 Å². The summed E-state index contributed by atoms with van der Waals surface area (Å²) < 4.78 is 0. The topological polar surface area (TPSA) is 40.6 Å². The molecule has 0 radical (unpaired) electrons. The molecule has 2 amide bonds. The average molecular weight is 248 g/mol. The molecule has 1 aliphatic heterocycles. The number of hydrogen-bond donors (Lipinski definition) is 0. The van der Waals surface area contributed by atoms with Crippen molar-refractivity contribution >= 4 is 34.8 Å². The highest BCUT2D eigenvalue weighted by atomic mass is 32.1. The Morgan fingerprint density at radius 2 is 1.88 bits per heavy atom. The van der Waals surface area contributed by atoms with Crippen LogP contribution in [0.1, 0.15) is 13.8 Å². The number of thiocarbonyl (C=S) groups is 1. The highest BCUT2D eigenvalue weighted by molar-refractivity contribution is 7.80. The molecule has 0 unspecified atom stereocenters. The molecule has 1 aromatic carbocycles. The summed E-state index contributed by atoms with van der Waals surface area (Å²) in [7, 11) is 0. The molecule has 2 rings (SSSR count). The van der Waals surface area contributed by atoms with Gasteiger partial charge in [0.25, 0.3) is 5.91 Å². The molecule has 0 saturated carbocycles. The van der Waals surface area contributed by atoms with Crippen molar-refractivity contribution in [2.75, 3.05) is 4.90 Å². The second-order valence-electron chi connectivity index (χ2n) is 3.86. The quantitative estimate of drug-likeness (QED) is 0.708. The Bertz CT molecular complexity index is 487. The van der Waals surface area contributed by atoms with Gasteiger partial charge in [0.1, 0.15) is 6.04 Å². The number of carbonyl (C=O) groups is 2. The average Bonchev–Trinajstić information content (AvgIpc) is 2.51. The summed E-state index contributed by atoms with van der Waals surface area (Å²) >= 11 is 5.18. The second kappa shape index (κ2) is 4.25. The fourth-order valence-corrected chi connectivity index (χ4v) is 2.37. The number of benzene rings is 1. The van der Waals surface area contributed by atoms with E-state index >= 15 is 0 Å². The fourth-order valence-electron chi connectivity index (χ4n) is 1.89. The van der Waals surface area contributed by atoms with Crippen LogP contribution >= 0.6 is 12.2 Å². The highest BCUT2D eigenvalue weighted by Gasteiger charge is 2.42. The summed E-state index contributed by atoms with van der Waals surface area (Å²) in [5, 5.41) is 0.251. The van der Waals surface area contributed by atoms with Crippen LogP contribution < -0.4 is 4.90 Å². The lowest BCUT2D eigenvalue weighted by Gasteiger charge is -2.18. The van der Waals surface area contributed by atoms with Crippen LogP contribution in [0.2, 0.25) is 0 Å².